The van der Waals surface area contributed by atoms with E-state index < -0.39 is 34.1 Å². The lowest BCUT2D eigenvalue weighted by Crippen LogP contribution is -2.50. The molecule has 1 heterocycles. The Balaban J connectivity index is 1.59. The lowest BCUT2D eigenvalue weighted by Gasteiger charge is -2.47. The molecule has 2 aromatic carbocycles. The number of hydrogen-bond donors (Lipinski definition) is 3. The maximum atomic E-state index is 13.0. The first-order valence-electron chi connectivity index (χ1n) is 10.6. The average molecular weight is 548 g/mol. The van der Waals surface area contributed by atoms with Crippen LogP contribution in [0.2, 0.25) is 0 Å². The van der Waals surface area contributed by atoms with E-state index >= 15 is 0 Å². The number of anilines is 2. The number of nitrogens with zero attached hydrogens (tertiary/aromatic N) is 2. The Morgan fingerprint density at radius 3 is 2.39 bits per heavy atom. The SMILES string of the molecule is O=C(CN1C2(CCCCC2)CN(c2ccc(Br)cc2)S1(O)O)Nc1cccc(C(F)(F)F)c1. The van der Waals surface area contributed by atoms with Gasteiger partial charge in [-0.3, -0.25) is 18.2 Å². The summed E-state index contributed by atoms with van der Waals surface area (Å²) in [6, 6.07) is 11.6. The van der Waals surface area contributed by atoms with Gasteiger partial charge in [-0.15, -0.1) is 0 Å². The van der Waals surface area contributed by atoms with Gasteiger partial charge in [0.25, 0.3) is 0 Å². The van der Waals surface area contributed by atoms with Crippen molar-refractivity contribution in [2.45, 2.75) is 43.8 Å². The van der Waals surface area contributed by atoms with Gasteiger partial charge in [0.15, 0.2) is 0 Å². The van der Waals surface area contributed by atoms with Crippen molar-refractivity contribution in [1.82, 2.24) is 4.31 Å². The van der Waals surface area contributed by atoms with E-state index in [0.717, 1.165) is 35.9 Å². The van der Waals surface area contributed by atoms with E-state index in [2.05, 4.69) is 21.2 Å². The van der Waals surface area contributed by atoms with E-state index in [4.69, 9.17) is 0 Å². The van der Waals surface area contributed by atoms with E-state index in [-0.39, 0.29) is 12.2 Å². The molecule has 0 radical (unpaired) electrons. The summed E-state index contributed by atoms with van der Waals surface area (Å²) in [6.07, 6.45) is -0.295. The van der Waals surface area contributed by atoms with Gasteiger partial charge in [0.2, 0.25) is 5.91 Å². The van der Waals surface area contributed by atoms with Crippen molar-refractivity contribution in [3.63, 3.8) is 0 Å². The minimum atomic E-state index is -4.53. The van der Waals surface area contributed by atoms with E-state index in [1.54, 1.807) is 28.6 Å². The highest BCUT2D eigenvalue weighted by atomic mass is 79.9. The number of hydrogen-bond acceptors (Lipinski definition) is 5. The van der Waals surface area contributed by atoms with E-state index in [0.29, 0.717) is 25.1 Å². The van der Waals surface area contributed by atoms with Crippen molar-refractivity contribution >= 4 is 44.2 Å². The Hall–Kier alpha value is -1.79. The van der Waals surface area contributed by atoms with Gasteiger partial charge in [-0.2, -0.15) is 17.5 Å². The molecule has 33 heavy (non-hydrogen) atoms. The van der Waals surface area contributed by atoms with Crippen LogP contribution >= 0.6 is 26.9 Å². The molecule has 1 saturated carbocycles. The van der Waals surface area contributed by atoms with Crippen molar-refractivity contribution in [1.29, 1.82) is 0 Å². The van der Waals surface area contributed by atoms with Crippen LogP contribution in [-0.2, 0) is 11.0 Å². The molecule has 1 spiro atoms. The molecule has 0 bridgehead atoms. The molecule has 0 atom stereocenters. The lowest BCUT2D eigenvalue weighted by atomic mass is 9.81. The van der Waals surface area contributed by atoms with E-state index in [1.807, 2.05) is 0 Å². The Morgan fingerprint density at radius 2 is 1.76 bits per heavy atom. The molecule has 4 rings (SSSR count). The molecule has 0 unspecified atom stereocenters. The number of halogens is 4. The van der Waals surface area contributed by atoms with Gasteiger partial charge in [-0.25, -0.2) is 0 Å². The predicted molar refractivity (Wildman–Crippen MR) is 127 cm³/mol. The van der Waals surface area contributed by atoms with Crippen LogP contribution in [0.25, 0.3) is 0 Å². The molecule has 2 aliphatic rings. The van der Waals surface area contributed by atoms with Gasteiger partial charge in [0, 0.05) is 10.2 Å². The fourth-order valence-electron chi connectivity index (χ4n) is 4.63. The molecule has 3 N–H and O–H groups in total. The second kappa shape index (κ2) is 9.10. The number of benzene rings is 2. The van der Waals surface area contributed by atoms with Gasteiger partial charge < -0.3 is 5.32 Å². The molecule has 1 aliphatic carbocycles. The first kappa shape index (κ1) is 24.3. The summed E-state index contributed by atoms with van der Waals surface area (Å²) < 4.78 is 65.4. The predicted octanol–water partition coefficient (Wildman–Crippen LogP) is 6.51. The maximum absolute atomic E-state index is 13.0. The first-order chi connectivity index (χ1) is 15.5. The Kier molecular flexibility index (Phi) is 6.71. The topological polar surface area (TPSA) is 76.0 Å². The lowest BCUT2D eigenvalue weighted by molar-refractivity contribution is -0.137. The van der Waals surface area contributed by atoms with Gasteiger partial charge >= 0.3 is 6.18 Å². The van der Waals surface area contributed by atoms with Crippen LogP contribution in [0.3, 0.4) is 0 Å². The maximum Gasteiger partial charge on any atom is 0.416 e. The highest BCUT2D eigenvalue weighted by Crippen LogP contribution is 2.61. The molecule has 1 saturated heterocycles. The number of carbonyl (C=O) groups excluding carboxylic acids is 1. The van der Waals surface area contributed by atoms with Crippen LogP contribution in [0.15, 0.2) is 53.0 Å². The van der Waals surface area contributed by atoms with Crippen LogP contribution in [0.4, 0.5) is 24.5 Å². The van der Waals surface area contributed by atoms with Crippen molar-refractivity contribution in [3.8, 4) is 0 Å². The van der Waals surface area contributed by atoms with E-state index in [9.17, 15) is 27.1 Å². The first-order valence-corrected chi connectivity index (χ1v) is 12.8. The largest absolute Gasteiger partial charge is 0.416 e. The third-order valence-electron chi connectivity index (χ3n) is 6.22. The summed E-state index contributed by atoms with van der Waals surface area (Å²) in [5, 5.41) is 2.49. The zero-order chi connectivity index (χ0) is 23.9. The molecular weight excluding hydrogens is 523 g/mol. The zero-order valence-electron chi connectivity index (χ0n) is 17.7. The summed E-state index contributed by atoms with van der Waals surface area (Å²) in [7, 11) is -3.51. The van der Waals surface area contributed by atoms with Gasteiger partial charge in [-0.05, 0) is 66.3 Å². The quantitative estimate of drug-likeness (QED) is 0.406. The second-order valence-corrected chi connectivity index (χ2v) is 11.2. The Labute approximate surface area is 200 Å². The van der Waals surface area contributed by atoms with Crippen molar-refractivity contribution < 1.29 is 27.1 Å². The third kappa shape index (κ3) is 5.02. The number of rotatable bonds is 4. The molecule has 1 amide bonds. The van der Waals surface area contributed by atoms with Crippen molar-refractivity contribution in [2.75, 3.05) is 22.7 Å². The zero-order valence-corrected chi connectivity index (χ0v) is 20.1. The van der Waals surface area contributed by atoms with Crippen LogP contribution in [0.5, 0.6) is 0 Å². The smallest absolute Gasteiger partial charge is 0.325 e. The average Bonchev–Trinajstić information content (AvgIpc) is 2.96. The number of amides is 1. The number of carbonyl (C=O) groups is 1. The molecule has 1 aliphatic heterocycles. The molecule has 0 aromatic heterocycles. The van der Waals surface area contributed by atoms with Crippen LogP contribution in [0, 0.1) is 0 Å². The Bertz CT molecular complexity index is 1010. The summed E-state index contributed by atoms with van der Waals surface area (Å²) in [5.41, 5.74) is -0.831. The molecule has 2 aromatic rings. The van der Waals surface area contributed by atoms with Gasteiger partial charge in [0.05, 0.1) is 29.9 Å². The summed E-state index contributed by atoms with van der Waals surface area (Å²) in [4.78, 5) is 12.9. The fourth-order valence-corrected chi connectivity index (χ4v) is 7.00. The summed E-state index contributed by atoms with van der Waals surface area (Å²) in [6.45, 7) is 0.0133. The monoisotopic (exact) mass is 547 g/mol. The Morgan fingerprint density at radius 1 is 1.09 bits per heavy atom. The third-order valence-corrected chi connectivity index (χ3v) is 8.79. The van der Waals surface area contributed by atoms with E-state index in [1.165, 1.54) is 16.4 Å². The second-order valence-electron chi connectivity index (χ2n) is 8.45. The molecule has 11 heteroatoms. The highest BCUT2D eigenvalue weighted by molar-refractivity contribution is 9.10. The number of nitrogens with one attached hydrogen (secondary N) is 1. The van der Waals surface area contributed by atoms with Crippen LogP contribution in [-0.4, -0.2) is 37.9 Å². The van der Waals surface area contributed by atoms with Crippen LogP contribution < -0.4 is 9.62 Å². The summed E-state index contributed by atoms with van der Waals surface area (Å²) >= 11 is 3.38. The molecule has 6 nitrogen and oxygen atoms in total. The number of alkyl halides is 3. The standard InChI is InChI=1S/C22H25BrF3N3O3S/c23-17-7-9-19(10-8-17)28-15-21(11-2-1-3-12-21)29(33(28,31)32)14-20(30)27-18-6-4-5-16(13-18)22(24,25)26/h4-10,13,31-32H,1-3,11-12,14-15H2,(H,27,30). The van der Waals surface area contributed by atoms with Crippen molar-refractivity contribution in [3.05, 3.63) is 58.6 Å². The van der Waals surface area contributed by atoms with Gasteiger partial charge in [-0.1, -0.05) is 41.3 Å². The summed E-state index contributed by atoms with van der Waals surface area (Å²) in [5.74, 6) is -0.600. The normalized spacial score (nSPS) is 21.2. The molecular formula is C22H25BrF3N3O3S. The van der Waals surface area contributed by atoms with Gasteiger partial charge in [0.1, 0.15) is 0 Å². The van der Waals surface area contributed by atoms with Crippen LogP contribution in [0.1, 0.15) is 37.7 Å². The fraction of sp³-hybridized carbons (Fsp3) is 0.409. The minimum Gasteiger partial charge on any atom is -0.325 e. The van der Waals surface area contributed by atoms with Crippen molar-refractivity contribution in [2.24, 2.45) is 0 Å². The minimum absolute atomic E-state index is 0.00737. The molecule has 180 valence electrons. The molecule has 2 fully saturated rings. The highest BCUT2D eigenvalue weighted by Gasteiger charge is 2.55.